The minimum Gasteiger partial charge on any atom is -0.497 e. The van der Waals surface area contributed by atoms with E-state index < -0.39 is 0 Å². The van der Waals surface area contributed by atoms with E-state index in [9.17, 15) is 0 Å². The zero-order valence-corrected chi connectivity index (χ0v) is 13.4. The summed E-state index contributed by atoms with van der Waals surface area (Å²) >= 11 is 5.70. The van der Waals surface area contributed by atoms with Crippen molar-refractivity contribution in [3.05, 3.63) is 41.9 Å². The van der Waals surface area contributed by atoms with Gasteiger partial charge < -0.3 is 9.47 Å². The van der Waals surface area contributed by atoms with E-state index in [0.717, 1.165) is 22.8 Å². The average molecular weight is 307 g/mol. The summed E-state index contributed by atoms with van der Waals surface area (Å²) in [5.41, 5.74) is 1.69. The molecule has 0 saturated heterocycles. The summed E-state index contributed by atoms with van der Waals surface area (Å²) in [5, 5.41) is 0. The van der Waals surface area contributed by atoms with Crippen molar-refractivity contribution in [1.82, 2.24) is 9.97 Å². The number of benzene rings is 1. The highest BCUT2D eigenvalue weighted by molar-refractivity contribution is 6.16. The normalized spacial score (nSPS) is 11.3. The maximum Gasteiger partial charge on any atom is 0.237 e. The van der Waals surface area contributed by atoms with Crippen molar-refractivity contribution in [1.29, 1.82) is 0 Å². The van der Waals surface area contributed by atoms with Gasteiger partial charge in [-0.1, -0.05) is 20.8 Å². The molecule has 1 aromatic heterocycles. The molecule has 2 aromatic rings. The molecular formula is C16H19ClN2O2. The van der Waals surface area contributed by atoms with Crippen LogP contribution in [0.5, 0.6) is 17.4 Å². The molecule has 0 fully saturated rings. The summed E-state index contributed by atoms with van der Waals surface area (Å²) in [4.78, 5) is 8.38. The van der Waals surface area contributed by atoms with Gasteiger partial charge in [-0.05, 0) is 23.6 Å². The van der Waals surface area contributed by atoms with Crippen molar-refractivity contribution in [3.8, 4) is 17.4 Å². The Kier molecular flexibility index (Phi) is 4.68. The van der Waals surface area contributed by atoms with Crippen LogP contribution in [-0.4, -0.2) is 17.1 Å². The van der Waals surface area contributed by atoms with E-state index in [1.807, 2.05) is 18.2 Å². The lowest BCUT2D eigenvalue weighted by atomic mass is 9.86. The van der Waals surface area contributed by atoms with Gasteiger partial charge in [-0.2, -0.15) is 0 Å². The number of ether oxygens (including phenoxy) is 2. The molecule has 0 aliphatic rings. The van der Waals surface area contributed by atoms with Crippen LogP contribution in [0.4, 0.5) is 0 Å². The third kappa shape index (κ3) is 3.85. The van der Waals surface area contributed by atoms with Gasteiger partial charge in [-0.25, -0.2) is 4.98 Å². The van der Waals surface area contributed by atoms with Gasteiger partial charge in [0.15, 0.2) is 0 Å². The van der Waals surface area contributed by atoms with Gasteiger partial charge in [0.2, 0.25) is 5.88 Å². The van der Waals surface area contributed by atoms with Crippen molar-refractivity contribution in [3.63, 3.8) is 0 Å². The molecule has 5 heteroatoms. The number of hydrogen-bond donors (Lipinski definition) is 0. The Morgan fingerprint density at radius 1 is 1.14 bits per heavy atom. The second-order valence-electron chi connectivity index (χ2n) is 5.69. The second-order valence-corrected chi connectivity index (χ2v) is 5.96. The SMILES string of the molecule is COc1ccc(Oc2cnc(CCl)cn2)c(C(C)(C)C)c1. The molecule has 0 atom stereocenters. The van der Waals surface area contributed by atoms with E-state index in [4.69, 9.17) is 21.1 Å². The molecule has 4 nitrogen and oxygen atoms in total. The molecule has 0 saturated carbocycles. The number of methoxy groups -OCH3 is 1. The highest BCUT2D eigenvalue weighted by atomic mass is 35.5. The molecule has 0 spiro atoms. The first-order valence-corrected chi connectivity index (χ1v) is 7.20. The number of halogens is 1. The van der Waals surface area contributed by atoms with Gasteiger partial charge in [0, 0.05) is 5.56 Å². The van der Waals surface area contributed by atoms with Gasteiger partial charge in [-0.3, -0.25) is 4.98 Å². The first-order chi connectivity index (χ1) is 9.94. The minimum atomic E-state index is -0.0760. The molecule has 0 bridgehead atoms. The fourth-order valence-corrected chi connectivity index (χ4v) is 2.03. The quantitative estimate of drug-likeness (QED) is 0.789. The summed E-state index contributed by atoms with van der Waals surface area (Å²) in [6.45, 7) is 6.37. The Labute approximate surface area is 130 Å². The van der Waals surface area contributed by atoms with Crippen LogP contribution in [0.2, 0.25) is 0 Å². The summed E-state index contributed by atoms with van der Waals surface area (Å²) in [6.07, 6.45) is 3.19. The minimum absolute atomic E-state index is 0.0760. The zero-order valence-electron chi connectivity index (χ0n) is 12.7. The van der Waals surface area contributed by atoms with Gasteiger partial charge in [0.05, 0.1) is 31.1 Å². The maximum atomic E-state index is 5.86. The van der Waals surface area contributed by atoms with E-state index >= 15 is 0 Å². The second kappa shape index (κ2) is 6.31. The summed E-state index contributed by atoms with van der Waals surface area (Å²) in [6, 6.07) is 5.73. The number of aromatic nitrogens is 2. The Hall–Kier alpha value is -1.81. The molecule has 0 N–H and O–H groups in total. The van der Waals surface area contributed by atoms with E-state index in [1.54, 1.807) is 19.5 Å². The van der Waals surface area contributed by atoms with Crippen LogP contribution in [0.3, 0.4) is 0 Å². The molecular weight excluding hydrogens is 288 g/mol. The predicted octanol–water partition coefficient (Wildman–Crippen LogP) is 4.31. The van der Waals surface area contributed by atoms with Crippen molar-refractivity contribution < 1.29 is 9.47 Å². The maximum absolute atomic E-state index is 5.86. The summed E-state index contributed by atoms with van der Waals surface area (Å²) in [5.74, 6) is 2.33. The fourth-order valence-electron chi connectivity index (χ4n) is 1.89. The van der Waals surface area contributed by atoms with Crippen LogP contribution in [0, 0.1) is 0 Å². The van der Waals surface area contributed by atoms with Crippen molar-refractivity contribution >= 4 is 11.6 Å². The van der Waals surface area contributed by atoms with Gasteiger partial charge in [0.25, 0.3) is 0 Å². The van der Waals surface area contributed by atoms with E-state index in [-0.39, 0.29) is 5.41 Å². The lowest BCUT2D eigenvalue weighted by Gasteiger charge is -2.23. The van der Waals surface area contributed by atoms with Crippen molar-refractivity contribution in [2.75, 3.05) is 7.11 Å². The number of hydrogen-bond acceptors (Lipinski definition) is 4. The molecule has 112 valence electrons. The van der Waals surface area contributed by atoms with Gasteiger partial charge in [0.1, 0.15) is 11.5 Å². The van der Waals surface area contributed by atoms with Gasteiger partial charge >= 0.3 is 0 Å². The smallest absolute Gasteiger partial charge is 0.237 e. The topological polar surface area (TPSA) is 44.2 Å². The summed E-state index contributed by atoms with van der Waals surface area (Å²) < 4.78 is 11.2. The molecule has 2 rings (SSSR count). The third-order valence-corrected chi connectivity index (χ3v) is 3.30. The molecule has 0 unspecified atom stereocenters. The van der Waals surface area contributed by atoms with Crippen LogP contribution >= 0.6 is 11.6 Å². The van der Waals surface area contributed by atoms with E-state index in [0.29, 0.717) is 11.8 Å². The number of alkyl halides is 1. The highest BCUT2D eigenvalue weighted by Crippen LogP contribution is 2.36. The third-order valence-electron chi connectivity index (χ3n) is 3.03. The van der Waals surface area contributed by atoms with Crippen LogP contribution in [0.15, 0.2) is 30.6 Å². The average Bonchev–Trinajstić information content (AvgIpc) is 2.47. The fraction of sp³-hybridized carbons (Fsp3) is 0.375. The monoisotopic (exact) mass is 306 g/mol. The Balaban J connectivity index is 2.34. The lowest BCUT2D eigenvalue weighted by Crippen LogP contribution is -2.13. The molecule has 0 radical (unpaired) electrons. The number of nitrogens with zero attached hydrogens (tertiary/aromatic N) is 2. The number of rotatable bonds is 4. The zero-order chi connectivity index (χ0) is 15.5. The van der Waals surface area contributed by atoms with E-state index in [2.05, 4.69) is 30.7 Å². The van der Waals surface area contributed by atoms with Crippen LogP contribution in [0.25, 0.3) is 0 Å². The van der Waals surface area contributed by atoms with Gasteiger partial charge in [-0.15, -0.1) is 11.6 Å². The lowest BCUT2D eigenvalue weighted by molar-refractivity contribution is 0.405. The van der Waals surface area contributed by atoms with Crippen LogP contribution in [0.1, 0.15) is 32.0 Å². The first kappa shape index (κ1) is 15.6. The van der Waals surface area contributed by atoms with E-state index in [1.165, 1.54) is 0 Å². The van der Waals surface area contributed by atoms with Crippen molar-refractivity contribution in [2.45, 2.75) is 32.1 Å². The Morgan fingerprint density at radius 2 is 1.90 bits per heavy atom. The standard InChI is InChI=1S/C16H19ClN2O2/c1-16(2,3)13-7-12(20-4)5-6-14(13)21-15-10-18-11(8-17)9-19-15/h5-7,9-10H,8H2,1-4H3. The van der Waals surface area contributed by atoms with Crippen molar-refractivity contribution in [2.24, 2.45) is 0 Å². The molecule has 0 aliphatic heterocycles. The first-order valence-electron chi connectivity index (χ1n) is 6.67. The van der Waals surface area contributed by atoms with Crippen LogP contribution < -0.4 is 9.47 Å². The predicted molar refractivity (Wildman–Crippen MR) is 83.4 cm³/mol. The Morgan fingerprint density at radius 3 is 2.43 bits per heavy atom. The molecule has 0 aliphatic carbocycles. The Bertz CT molecular complexity index is 607. The van der Waals surface area contributed by atoms with Crippen LogP contribution in [-0.2, 0) is 11.3 Å². The highest BCUT2D eigenvalue weighted by Gasteiger charge is 2.20. The molecule has 1 heterocycles. The molecule has 0 amide bonds. The largest absolute Gasteiger partial charge is 0.497 e. The molecule has 1 aromatic carbocycles. The molecule has 21 heavy (non-hydrogen) atoms. The summed E-state index contributed by atoms with van der Waals surface area (Å²) in [7, 11) is 1.65.